The fourth-order valence-corrected chi connectivity index (χ4v) is 7.06. The molecule has 14 heteroatoms. The number of carboxylic acid groups (broad SMARTS) is 1. The van der Waals surface area contributed by atoms with Gasteiger partial charge in [-0.2, -0.15) is 0 Å². The first-order chi connectivity index (χ1) is 24.0. The van der Waals surface area contributed by atoms with Crippen LogP contribution < -0.4 is 0 Å². The Balaban J connectivity index is 1.62. The Morgan fingerprint density at radius 2 is 1.62 bits per heavy atom. The Morgan fingerprint density at radius 1 is 0.900 bits per heavy atom. The molecule has 5 aromatic rings. The number of ether oxygens (including phenoxy) is 3. The highest BCUT2D eigenvalue weighted by Gasteiger charge is 2.54. The van der Waals surface area contributed by atoms with Crippen molar-refractivity contribution < 1.29 is 38.8 Å². The van der Waals surface area contributed by atoms with Crippen LogP contribution in [0.25, 0.3) is 22.2 Å². The number of fused-ring (bicyclic) bond motifs is 1. The minimum atomic E-state index is -1.28. The molecule has 3 heterocycles. The Labute approximate surface area is 301 Å². The van der Waals surface area contributed by atoms with Gasteiger partial charge >= 0.3 is 17.9 Å². The lowest BCUT2D eigenvalue weighted by atomic mass is 9.80. The fraction of sp³-hybridized carbons (Fsp3) is 0.250. The third kappa shape index (κ3) is 6.92. The normalized spacial score (nSPS) is 19.3. The molecular weight excluding hydrogens is 709 g/mol. The summed E-state index contributed by atoms with van der Waals surface area (Å²) < 4.78 is 20.2. The number of rotatable bonds is 10. The van der Waals surface area contributed by atoms with E-state index in [0.29, 0.717) is 33.3 Å². The highest BCUT2D eigenvalue weighted by Crippen LogP contribution is 2.47. The SMILES string of the molecule is CC(=O)O[C@@H]1[C@@H]([C@H](c2ccc(Cl)c(Cl)c2)c2cc(-c3ccccc3)ccc2C(=O)O)O[C@@H](n2cc(CCO)c3c(Cl)ncnc32)[C@@H]1OC(C)=O. The maximum Gasteiger partial charge on any atom is 0.335 e. The molecule has 3 aromatic carbocycles. The van der Waals surface area contributed by atoms with E-state index in [1.807, 2.05) is 30.3 Å². The summed E-state index contributed by atoms with van der Waals surface area (Å²) in [7, 11) is 0. The summed E-state index contributed by atoms with van der Waals surface area (Å²) in [6.07, 6.45) is -1.78. The number of carboxylic acids is 1. The molecule has 2 N–H and O–H groups in total. The lowest BCUT2D eigenvalue weighted by Crippen LogP contribution is -2.41. The van der Waals surface area contributed by atoms with Crippen molar-refractivity contribution in [2.45, 2.75) is 50.7 Å². The van der Waals surface area contributed by atoms with Gasteiger partial charge in [-0.05, 0) is 58.5 Å². The van der Waals surface area contributed by atoms with Crippen LogP contribution in [0.4, 0.5) is 0 Å². The van der Waals surface area contributed by atoms with E-state index in [9.17, 15) is 24.6 Å². The highest BCUT2D eigenvalue weighted by molar-refractivity contribution is 6.42. The predicted molar refractivity (Wildman–Crippen MR) is 185 cm³/mol. The van der Waals surface area contributed by atoms with Crippen LogP contribution in [0.3, 0.4) is 0 Å². The smallest absolute Gasteiger partial charge is 0.335 e. The number of carbonyl (C=O) groups is 3. The van der Waals surface area contributed by atoms with Gasteiger partial charge in [0.1, 0.15) is 23.2 Å². The average molecular weight is 739 g/mol. The number of aliphatic hydroxyl groups excluding tert-OH is 1. The number of hydrogen-bond donors (Lipinski definition) is 2. The fourth-order valence-electron chi connectivity index (χ4n) is 6.50. The monoisotopic (exact) mass is 737 g/mol. The second-order valence-electron chi connectivity index (χ2n) is 11.7. The number of aliphatic hydroxyl groups is 1. The zero-order chi connectivity index (χ0) is 35.7. The van der Waals surface area contributed by atoms with Crippen molar-refractivity contribution in [3.63, 3.8) is 0 Å². The molecule has 6 rings (SSSR count). The standard InChI is InChI=1S/C36H30Cl3N3O8/c1-18(44)48-31-30(50-35(32(31)49-19(2)45)42-16-23(12-13-43)29-33(39)40-17-41-34(29)42)28(22-9-11-26(37)27(38)15-22)25-14-21(8-10-24(25)36(46)47)20-6-4-3-5-7-20/h3-11,14-17,28,30-32,35,43H,12-13H2,1-2H3,(H,46,47)/t28-,30-,31-,32-,35-/m1/s1. The number of carbonyl (C=O) groups excluding carboxylic acids is 2. The molecular formula is C36H30Cl3N3O8. The summed E-state index contributed by atoms with van der Waals surface area (Å²) in [4.78, 5) is 46.8. The van der Waals surface area contributed by atoms with Crippen molar-refractivity contribution in [3.8, 4) is 11.1 Å². The van der Waals surface area contributed by atoms with E-state index in [4.69, 9.17) is 49.0 Å². The van der Waals surface area contributed by atoms with Crippen LogP contribution in [0.15, 0.2) is 79.3 Å². The molecule has 0 aliphatic carbocycles. The van der Waals surface area contributed by atoms with Crippen molar-refractivity contribution in [1.82, 2.24) is 14.5 Å². The molecule has 11 nitrogen and oxygen atoms in total. The Kier molecular flexibility index (Phi) is 10.4. The van der Waals surface area contributed by atoms with Gasteiger partial charge in [-0.25, -0.2) is 14.8 Å². The van der Waals surface area contributed by atoms with E-state index in [-0.39, 0.29) is 33.8 Å². The number of nitrogens with zero attached hydrogens (tertiary/aromatic N) is 3. The molecule has 0 spiro atoms. The summed E-state index contributed by atoms with van der Waals surface area (Å²) in [5.74, 6) is -3.58. The third-order valence-corrected chi connectivity index (χ3v) is 9.51. The van der Waals surface area contributed by atoms with Gasteiger partial charge in [0, 0.05) is 32.6 Å². The second kappa shape index (κ2) is 14.8. The zero-order valence-electron chi connectivity index (χ0n) is 26.6. The Bertz CT molecular complexity index is 2090. The molecule has 0 bridgehead atoms. The van der Waals surface area contributed by atoms with Gasteiger partial charge in [-0.1, -0.05) is 77.3 Å². The first kappa shape index (κ1) is 35.3. The van der Waals surface area contributed by atoms with E-state index in [1.165, 1.54) is 26.2 Å². The van der Waals surface area contributed by atoms with Crippen LogP contribution in [0.5, 0.6) is 0 Å². The van der Waals surface area contributed by atoms with Gasteiger partial charge in [0.2, 0.25) is 0 Å². The van der Waals surface area contributed by atoms with Crippen molar-refractivity contribution in [2.75, 3.05) is 6.61 Å². The number of benzene rings is 3. The molecule has 0 saturated carbocycles. The number of halogens is 3. The summed E-state index contributed by atoms with van der Waals surface area (Å²) >= 11 is 19.4. The minimum absolute atomic E-state index is 0.0467. The van der Waals surface area contributed by atoms with Crippen molar-refractivity contribution in [1.29, 1.82) is 0 Å². The topological polar surface area (TPSA) is 150 Å². The quantitative estimate of drug-likeness (QED) is 0.115. The highest BCUT2D eigenvalue weighted by atomic mass is 35.5. The molecule has 1 fully saturated rings. The number of hydrogen-bond acceptors (Lipinski definition) is 9. The van der Waals surface area contributed by atoms with Gasteiger partial charge < -0.3 is 29.0 Å². The van der Waals surface area contributed by atoms with Crippen molar-refractivity contribution >= 4 is 63.7 Å². The van der Waals surface area contributed by atoms with Crippen LogP contribution in [0.2, 0.25) is 15.2 Å². The number of aromatic carboxylic acids is 1. The Hall–Kier alpha value is -4.52. The first-order valence-electron chi connectivity index (χ1n) is 15.5. The minimum Gasteiger partial charge on any atom is -0.478 e. The van der Waals surface area contributed by atoms with E-state index in [1.54, 1.807) is 41.1 Å². The van der Waals surface area contributed by atoms with Gasteiger partial charge in [0.25, 0.3) is 0 Å². The van der Waals surface area contributed by atoms with Crippen molar-refractivity contribution in [2.24, 2.45) is 0 Å². The maximum atomic E-state index is 12.8. The Morgan fingerprint density at radius 3 is 2.28 bits per heavy atom. The second-order valence-corrected chi connectivity index (χ2v) is 12.8. The van der Waals surface area contributed by atoms with Gasteiger partial charge in [-0.3, -0.25) is 9.59 Å². The lowest BCUT2D eigenvalue weighted by Gasteiger charge is -2.30. The van der Waals surface area contributed by atoms with E-state index in [2.05, 4.69) is 9.97 Å². The first-order valence-corrected chi connectivity index (χ1v) is 16.6. The molecule has 0 amide bonds. The van der Waals surface area contributed by atoms with Crippen LogP contribution in [-0.2, 0) is 30.2 Å². The molecule has 0 unspecified atom stereocenters. The van der Waals surface area contributed by atoms with Gasteiger partial charge in [0.15, 0.2) is 18.4 Å². The molecule has 2 aromatic heterocycles. The van der Waals surface area contributed by atoms with Crippen LogP contribution in [-0.4, -0.2) is 67.6 Å². The molecule has 1 aliphatic heterocycles. The van der Waals surface area contributed by atoms with E-state index >= 15 is 0 Å². The van der Waals surface area contributed by atoms with Crippen LogP contribution >= 0.6 is 34.8 Å². The number of esters is 2. The maximum absolute atomic E-state index is 12.8. The predicted octanol–water partition coefficient (Wildman–Crippen LogP) is 6.88. The molecule has 50 heavy (non-hydrogen) atoms. The average Bonchev–Trinajstić information content (AvgIpc) is 3.61. The van der Waals surface area contributed by atoms with E-state index in [0.717, 1.165) is 5.56 Å². The molecule has 0 radical (unpaired) electrons. The van der Waals surface area contributed by atoms with Gasteiger partial charge in [-0.15, -0.1) is 0 Å². The summed E-state index contributed by atoms with van der Waals surface area (Å²) in [6.45, 7) is 2.21. The van der Waals surface area contributed by atoms with Crippen molar-refractivity contribution in [3.05, 3.63) is 117 Å². The van der Waals surface area contributed by atoms with Crippen LogP contribution in [0, 0.1) is 0 Å². The van der Waals surface area contributed by atoms with Crippen LogP contribution in [0.1, 0.15) is 53.0 Å². The zero-order valence-corrected chi connectivity index (χ0v) is 28.9. The van der Waals surface area contributed by atoms with E-state index < -0.39 is 48.4 Å². The third-order valence-electron chi connectivity index (χ3n) is 8.48. The summed E-state index contributed by atoms with van der Waals surface area (Å²) in [5.41, 5.74) is 3.18. The summed E-state index contributed by atoms with van der Waals surface area (Å²) in [6, 6.07) is 19.2. The number of aromatic nitrogens is 3. The molecule has 5 atom stereocenters. The summed E-state index contributed by atoms with van der Waals surface area (Å²) in [5, 5.41) is 21.3. The molecule has 1 aliphatic rings. The lowest BCUT2D eigenvalue weighted by molar-refractivity contribution is -0.165. The van der Waals surface area contributed by atoms with Gasteiger partial charge in [0.05, 0.1) is 21.0 Å². The molecule has 258 valence electrons. The molecule has 1 saturated heterocycles. The largest absolute Gasteiger partial charge is 0.478 e.